The molecule has 0 aromatic heterocycles. The van der Waals surface area contributed by atoms with E-state index < -0.39 is 17.7 Å². The second-order valence-electron chi connectivity index (χ2n) is 9.81. The first kappa shape index (κ1) is 25.8. The summed E-state index contributed by atoms with van der Waals surface area (Å²) in [7, 11) is 0. The molecule has 0 bridgehead atoms. The normalized spacial score (nSPS) is 16.3. The van der Waals surface area contributed by atoms with Crippen LogP contribution in [-0.2, 0) is 4.74 Å². The van der Waals surface area contributed by atoms with E-state index in [4.69, 9.17) is 25.4 Å². The third kappa shape index (κ3) is 6.27. The molecule has 4 rings (SSSR count). The first-order chi connectivity index (χ1) is 17.6. The van der Waals surface area contributed by atoms with Gasteiger partial charge in [-0.3, -0.25) is 10.2 Å². The van der Waals surface area contributed by atoms with Gasteiger partial charge in [-0.1, -0.05) is 30.3 Å². The van der Waals surface area contributed by atoms with Crippen molar-refractivity contribution in [2.24, 2.45) is 5.73 Å². The molecule has 0 radical (unpaired) electrons. The van der Waals surface area contributed by atoms with Gasteiger partial charge >= 0.3 is 5.97 Å². The highest BCUT2D eigenvalue weighted by Crippen LogP contribution is 2.41. The topological polar surface area (TPSA) is 124 Å². The van der Waals surface area contributed by atoms with Crippen LogP contribution in [0.2, 0.25) is 0 Å². The molecule has 0 saturated heterocycles. The Labute approximate surface area is 216 Å². The van der Waals surface area contributed by atoms with Gasteiger partial charge < -0.3 is 25.3 Å². The summed E-state index contributed by atoms with van der Waals surface area (Å²) in [6.07, 6.45) is -0.239. The number of fused-ring (bicyclic) bond motifs is 1. The van der Waals surface area contributed by atoms with Gasteiger partial charge in [-0.15, -0.1) is 0 Å². The summed E-state index contributed by atoms with van der Waals surface area (Å²) in [5.74, 6) is 0.484. The quantitative estimate of drug-likeness (QED) is 0.226. The molecule has 4 N–H and O–H groups in total. The van der Waals surface area contributed by atoms with Crippen LogP contribution < -0.4 is 20.5 Å². The number of hydrogen-bond acceptors (Lipinski definition) is 6. The molecule has 2 unspecified atom stereocenters. The number of rotatable bonds is 8. The highest BCUT2D eigenvalue weighted by Gasteiger charge is 2.37. The zero-order valence-electron chi connectivity index (χ0n) is 21.1. The minimum absolute atomic E-state index is 0.118. The molecule has 3 aromatic rings. The molecule has 0 saturated carbocycles. The number of ether oxygens (including phenoxy) is 3. The number of amidine groups is 1. The monoisotopic (exact) mass is 501 g/mol. The number of carbonyl (C=O) groups is 2. The van der Waals surface area contributed by atoms with Crippen molar-refractivity contribution >= 4 is 17.7 Å². The van der Waals surface area contributed by atoms with Crippen LogP contribution in [0.5, 0.6) is 17.2 Å². The SMILES string of the molecule is CC(C)(C)OC(=O)c1ccc2c(c1)C(CCNC(=O)c1ccccc1Oc1ccccc1)C(C(=N)N)O2. The van der Waals surface area contributed by atoms with Crippen LogP contribution in [0.15, 0.2) is 72.8 Å². The first-order valence-electron chi connectivity index (χ1n) is 12.1. The number of hydrogen-bond donors (Lipinski definition) is 3. The van der Waals surface area contributed by atoms with Crippen LogP contribution in [0, 0.1) is 5.41 Å². The van der Waals surface area contributed by atoms with Crippen LogP contribution in [0.25, 0.3) is 0 Å². The van der Waals surface area contributed by atoms with E-state index in [0.717, 1.165) is 5.56 Å². The van der Waals surface area contributed by atoms with Crippen molar-refractivity contribution in [2.75, 3.05) is 6.54 Å². The minimum atomic E-state index is -0.686. The molecule has 0 spiro atoms. The maximum atomic E-state index is 13.0. The lowest BCUT2D eigenvalue weighted by molar-refractivity contribution is 0.00693. The van der Waals surface area contributed by atoms with Crippen molar-refractivity contribution in [1.29, 1.82) is 5.41 Å². The second-order valence-corrected chi connectivity index (χ2v) is 9.81. The van der Waals surface area contributed by atoms with E-state index in [0.29, 0.717) is 41.3 Å². The highest BCUT2D eigenvalue weighted by molar-refractivity contribution is 5.97. The Morgan fingerprint density at radius 3 is 2.43 bits per heavy atom. The zero-order valence-corrected chi connectivity index (χ0v) is 21.1. The fourth-order valence-corrected chi connectivity index (χ4v) is 4.17. The Balaban J connectivity index is 1.47. The molecule has 0 aliphatic carbocycles. The van der Waals surface area contributed by atoms with E-state index in [9.17, 15) is 9.59 Å². The summed E-state index contributed by atoms with van der Waals surface area (Å²) < 4.78 is 17.3. The molecule has 37 heavy (non-hydrogen) atoms. The fourth-order valence-electron chi connectivity index (χ4n) is 4.17. The summed E-state index contributed by atoms with van der Waals surface area (Å²) >= 11 is 0. The predicted octanol–water partition coefficient (Wildman–Crippen LogP) is 5.03. The van der Waals surface area contributed by atoms with Crippen LogP contribution in [-0.4, -0.2) is 36.0 Å². The number of para-hydroxylation sites is 2. The smallest absolute Gasteiger partial charge is 0.338 e. The van der Waals surface area contributed by atoms with Crippen LogP contribution >= 0.6 is 0 Å². The average molecular weight is 502 g/mol. The summed E-state index contributed by atoms with van der Waals surface area (Å²) in [6.45, 7) is 5.72. The van der Waals surface area contributed by atoms with Gasteiger partial charge in [0.25, 0.3) is 5.91 Å². The minimum Gasteiger partial charge on any atom is -0.482 e. The van der Waals surface area contributed by atoms with E-state index >= 15 is 0 Å². The molecule has 2 atom stereocenters. The van der Waals surface area contributed by atoms with E-state index in [2.05, 4.69) is 5.32 Å². The number of esters is 1. The Hall–Kier alpha value is -4.33. The van der Waals surface area contributed by atoms with Crippen molar-refractivity contribution < 1.29 is 23.8 Å². The number of benzene rings is 3. The molecule has 1 heterocycles. The van der Waals surface area contributed by atoms with Crippen molar-refractivity contribution in [2.45, 2.75) is 44.8 Å². The molecule has 3 aromatic carbocycles. The Bertz CT molecular complexity index is 1300. The van der Waals surface area contributed by atoms with Gasteiger partial charge in [0.2, 0.25) is 0 Å². The Morgan fingerprint density at radius 2 is 1.73 bits per heavy atom. The average Bonchev–Trinajstić information content (AvgIpc) is 3.22. The lowest BCUT2D eigenvalue weighted by Gasteiger charge is -2.20. The highest BCUT2D eigenvalue weighted by atomic mass is 16.6. The van der Waals surface area contributed by atoms with E-state index in [-0.39, 0.29) is 17.7 Å². The number of amides is 1. The molecule has 8 nitrogen and oxygen atoms in total. The van der Waals surface area contributed by atoms with Crippen molar-refractivity contribution in [3.63, 3.8) is 0 Å². The largest absolute Gasteiger partial charge is 0.482 e. The lowest BCUT2D eigenvalue weighted by Crippen LogP contribution is -2.36. The maximum absolute atomic E-state index is 13.0. The van der Waals surface area contributed by atoms with E-state index in [1.54, 1.807) is 36.4 Å². The van der Waals surface area contributed by atoms with Gasteiger partial charge in [0.15, 0.2) is 6.10 Å². The summed E-state index contributed by atoms with van der Waals surface area (Å²) in [4.78, 5) is 25.6. The number of nitrogens with one attached hydrogen (secondary N) is 2. The zero-order chi connectivity index (χ0) is 26.6. The van der Waals surface area contributed by atoms with Crippen molar-refractivity contribution in [3.8, 4) is 17.2 Å². The van der Waals surface area contributed by atoms with E-state index in [1.807, 2.05) is 57.2 Å². The number of nitrogens with two attached hydrogens (primary N) is 1. The molecular formula is C29H31N3O5. The molecule has 8 heteroatoms. The third-order valence-corrected chi connectivity index (χ3v) is 5.81. The fraction of sp³-hybridized carbons (Fsp3) is 0.276. The van der Waals surface area contributed by atoms with Gasteiger partial charge in [0, 0.05) is 18.0 Å². The molecule has 1 amide bonds. The van der Waals surface area contributed by atoms with E-state index in [1.165, 1.54) is 0 Å². The van der Waals surface area contributed by atoms with Gasteiger partial charge in [-0.2, -0.15) is 0 Å². The summed E-state index contributed by atoms with van der Waals surface area (Å²) in [5.41, 5.74) is 6.75. The molecule has 1 aliphatic heterocycles. The lowest BCUT2D eigenvalue weighted by atomic mass is 9.90. The van der Waals surface area contributed by atoms with Gasteiger partial charge in [-0.05, 0) is 69.7 Å². The predicted molar refractivity (Wildman–Crippen MR) is 141 cm³/mol. The van der Waals surface area contributed by atoms with Crippen LogP contribution in [0.1, 0.15) is 59.4 Å². The number of carbonyl (C=O) groups excluding carboxylic acids is 2. The van der Waals surface area contributed by atoms with Gasteiger partial charge in [0.1, 0.15) is 28.7 Å². The summed E-state index contributed by atoms with van der Waals surface area (Å²) in [5, 5.41) is 10.9. The van der Waals surface area contributed by atoms with Gasteiger partial charge in [-0.25, -0.2) is 4.79 Å². The first-order valence-corrected chi connectivity index (χ1v) is 12.1. The Morgan fingerprint density at radius 1 is 1.03 bits per heavy atom. The Kier molecular flexibility index (Phi) is 7.47. The standard InChI is InChI=1S/C29H31N3O5/c1-29(2,3)37-28(34)18-13-14-24-22(17-18)20(25(36-24)26(30)31)15-16-32-27(33)21-11-7-8-12-23(21)35-19-9-5-4-6-10-19/h4-14,17,20,25H,15-16H2,1-3H3,(H3,30,31)(H,32,33). The van der Waals surface area contributed by atoms with Gasteiger partial charge in [0.05, 0.1) is 11.1 Å². The second kappa shape index (κ2) is 10.7. The van der Waals surface area contributed by atoms with Crippen molar-refractivity contribution in [3.05, 3.63) is 89.5 Å². The molecule has 0 fully saturated rings. The van der Waals surface area contributed by atoms with Crippen LogP contribution in [0.4, 0.5) is 0 Å². The summed E-state index contributed by atoms with van der Waals surface area (Å²) in [6, 6.07) is 21.3. The molecule has 1 aliphatic rings. The maximum Gasteiger partial charge on any atom is 0.338 e. The van der Waals surface area contributed by atoms with Crippen LogP contribution in [0.3, 0.4) is 0 Å². The molecule has 192 valence electrons. The third-order valence-electron chi connectivity index (χ3n) is 5.81. The van der Waals surface area contributed by atoms with Crippen molar-refractivity contribution in [1.82, 2.24) is 5.32 Å². The molecular weight excluding hydrogens is 470 g/mol.